The molecule has 0 amide bonds. The van der Waals surface area contributed by atoms with E-state index >= 15 is 0 Å². The van der Waals surface area contributed by atoms with Gasteiger partial charge in [0, 0.05) is 38.8 Å². The van der Waals surface area contributed by atoms with Gasteiger partial charge in [0.1, 0.15) is 11.6 Å². The lowest BCUT2D eigenvalue weighted by Gasteiger charge is -2.38. The predicted octanol–water partition coefficient (Wildman–Crippen LogP) is 2.51. The van der Waals surface area contributed by atoms with Crippen molar-refractivity contribution in [1.29, 1.82) is 0 Å². The Bertz CT molecular complexity index is 472. The second-order valence-electron chi connectivity index (χ2n) is 6.08. The summed E-state index contributed by atoms with van der Waals surface area (Å²) in [7, 11) is 0. The van der Waals surface area contributed by atoms with Crippen molar-refractivity contribution < 1.29 is 8.78 Å². The number of nitrogens with zero attached hydrogens (tertiary/aromatic N) is 2. The second-order valence-corrected chi connectivity index (χ2v) is 6.08. The summed E-state index contributed by atoms with van der Waals surface area (Å²) in [5.41, 5.74) is 0.400. The van der Waals surface area contributed by atoms with E-state index < -0.39 is 0 Å². The number of halogens is 3. The van der Waals surface area contributed by atoms with E-state index in [0.29, 0.717) is 5.69 Å². The van der Waals surface area contributed by atoms with Crippen LogP contribution < -0.4 is 10.2 Å². The van der Waals surface area contributed by atoms with Crippen molar-refractivity contribution in [3.8, 4) is 0 Å². The third-order valence-corrected chi connectivity index (χ3v) is 4.60. The van der Waals surface area contributed by atoms with Crippen molar-refractivity contribution in [1.82, 2.24) is 10.2 Å². The molecular weight excluding hydrogens is 308 g/mol. The van der Waals surface area contributed by atoms with Crippen LogP contribution in [0.5, 0.6) is 0 Å². The van der Waals surface area contributed by atoms with Crippen LogP contribution in [0.25, 0.3) is 0 Å². The molecule has 2 aliphatic heterocycles. The molecule has 3 rings (SSSR count). The molecule has 22 heavy (non-hydrogen) atoms. The van der Waals surface area contributed by atoms with Crippen LogP contribution in [-0.2, 0) is 0 Å². The third kappa shape index (κ3) is 4.31. The van der Waals surface area contributed by atoms with Gasteiger partial charge in [0.05, 0.1) is 5.69 Å². The fraction of sp³-hybridized carbons (Fsp3) is 0.625. The van der Waals surface area contributed by atoms with Crippen molar-refractivity contribution in [2.24, 2.45) is 5.92 Å². The highest BCUT2D eigenvalue weighted by Gasteiger charge is 2.22. The summed E-state index contributed by atoms with van der Waals surface area (Å²) in [6.45, 7) is 6.79. The Morgan fingerprint density at radius 3 is 2.41 bits per heavy atom. The summed E-state index contributed by atoms with van der Waals surface area (Å²) in [5, 5.41) is 3.39. The smallest absolute Gasteiger partial charge is 0.146 e. The highest BCUT2D eigenvalue weighted by atomic mass is 35.5. The summed E-state index contributed by atoms with van der Waals surface area (Å²) >= 11 is 0. The maximum Gasteiger partial charge on any atom is 0.146 e. The fourth-order valence-electron chi connectivity index (χ4n) is 3.33. The highest BCUT2D eigenvalue weighted by Crippen LogP contribution is 2.22. The van der Waals surface area contributed by atoms with Gasteiger partial charge in [-0.1, -0.05) is 0 Å². The molecule has 0 spiro atoms. The van der Waals surface area contributed by atoms with Crippen molar-refractivity contribution in [3.05, 3.63) is 29.8 Å². The standard InChI is InChI=1S/C16H23F2N3.ClH/c17-14-1-2-15(18)16(11-14)21-9-7-20(8-10-21)12-13-3-5-19-6-4-13;/h1-2,11,13,19H,3-10,12H2;1H. The maximum atomic E-state index is 13.8. The van der Waals surface area contributed by atoms with Crippen molar-refractivity contribution in [2.45, 2.75) is 12.8 Å². The lowest BCUT2D eigenvalue weighted by molar-refractivity contribution is 0.196. The second kappa shape index (κ2) is 8.09. The Morgan fingerprint density at radius 2 is 1.73 bits per heavy atom. The molecule has 1 N–H and O–H groups in total. The first-order valence-corrected chi connectivity index (χ1v) is 7.85. The monoisotopic (exact) mass is 331 g/mol. The molecule has 0 unspecified atom stereocenters. The first kappa shape index (κ1) is 17.4. The zero-order valence-corrected chi connectivity index (χ0v) is 13.5. The van der Waals surface area contributed by atoms with E-state index in [2.05, 4.69) is 10.2 Å². The lowest BCUT2D eigenvalue weighted by atomic mass is 9.97. The van der Waals surface area contributed by atoms with Crippen molar-refractivity contribution in [2.75, 3.05) is 50.7 Å². The molecule has 0 atom stereocenters. The molecule has 0 saturated carbocycles. The molecule has 6 heteroatoms. The normalized spacial score (nSPS) is 20.7. The van der Waals surface area contributed by atoms with Gasteiger partial charge in [0.2, 0.25) is 0 Å². The van der Waals surface area contributed by atoms with Gasteiger partial charge in [0.25, 0.3) is 0 Å². The summed E-state index contributed by atoms with van der Waals surface area (Å²) in [6.07, 6.45) is 2.50. The molecule has 2 heterocycles. The maximum absolute atomic E-state index is 13.8. The van der Waals surface area contributed by atoms with Crippen LogP contribution >= 0.6 is 12.4 Å². The predicted molar refractivity (Wildman–Crippen MR) is 87.9 cm³/mol. The molecule has 1 aromatic rings. The van der Waals surface area contributed by atoms with E-state index in [1.165, 1.54) is 31.0 Å². The summed E-state index contributed by atoms with van der Waals surface area (Å²) in [4.78, 5) is 4.42. The summed E-state index contributed by atoms with van der Waals surface area (Å²) < 4.78 is 27.1. The number of anilines is 1. The van der Waals surface area contributed by atoms with Gasteiger partial charge >= 0.3 is 0 Å². The van der Waals surface area contributed by atoms with E-state index in [9.17, 15) is 8.78 Å². The fourth-order valence-corrected chi connectivity index (χ4v) is 3.33. The molecule has 3 nitrogen and oxygen atoms in total. The van der Waals surface area contributed by atoms with Gasteiger partial charge in [-0.15, -0.1) is 12.4 Å². The first-order chi connectivity index (χ1) is 10.2. The van der Waals surface area contributed by atoms with E-state index in [4.69, 9.17) is 0 Å². The molecular formula is C16H24ClF2N3. The quantitative estimate of drug-likeness (QED) is 0.918. The number of nitrogens with one attached hydrogen (secondary N) is 1. The Kier molecular flexibility index (Phi) is 6.41. The molecule has 0 aliphatic carbocycles. The van der Waals surface area contributed by atoms with Gasteiger partial charge in [-0.3, -0.25) is 4.90 Å². The van der Waals surface area contributed by atoms with Crippen LogP contribution in [-0.4, -0.2) is 50.7 Å². The van der Waals surface area contributed by atoms with Crippen LogP contribution in [0.4, 0.5) is 14.5 Å². The average molecular weight is 332 g/mol. The van der Waals surface area contributed by atoms with Gasteiger partial charge in [-0.2, -0.15) is 0 Å². The SMILES string of the molecule is Cl.Fc1ccc(F)c(N2CCN(CC3CCNCC3)CC2)c1. The molecule has 2 fully saturated rings. The van der Waals surface area contributed by atoms with Crippen LogP contribution in [0.3, 0.4) is 0 Å². The number of piperazine rings is 1. The largest absolute Gasteiger partial charge is 0.367 e. The highest BCUT2D eigenvalue weighted by molar-refractivity contribution is 5.85. The molecule has 1 aromatic carbocycles. The van der Waals surface area contributed by atoms with E-state index in [1.807, 2.05) is 4.90 Å². The minimum atomic E-state index is -0.372. The Hall–Kier alpha value is -0.910. The van der Waals surface area contributed by atoms with E-state index in [-0.39, 0.29) is 24.0 Å². The minimum Gasteiger partial charge on any atom is -0.367 e. The van der Waals surface area contributed by atoms with Crippen LogP contribution in [0.15, 0.2) is 18.2 Å². The zero-order valence-electron chi connectivity index (χ0n) is 12.7. The van der Waals surface area contributed by atoms with Gasteiger partial charge in [0.15, 0.2) is 0 Å². The number of rotatable bonds is 3. The van der Waals surface area contributed by atoms with E-state index in [1.54, 1.807) is 0 Å². The molecule has 0 radical (unpaired) electrons. The number of hydrogen-bond donors (Lipinski definition) is 1. The average Bonchev–Trinajstić information content (AvgIpc) is 2.52. The summed E-state index contributed by atoms with van der Waals surface area (Å²) in [5.74, 6) is 0.0791. The van der Waals surface area contributed by atoms with Crippen LogP contribution in [0.1, 0.15) is 12.8 Å². The van der Waals surface area contributed by atoms with Gasteiger partial charge in [-0.05, 0) is 44.0 Å². The number of piperidine rings is 1. The Morgan fingerprint density at radius 1 is 1.05 bits per heavy atom. The van der Waals surface area contributed by atoms with Crippen LogP contribution in [0.2, 0.25) is 0 Å². The molecule has 2 aliphatic rings. The Balaban J connectivity index is 0.00000176. The van der Waals surface area contributed by atoms with Gasteiger partial charge < -0.3 is 10.2 Å². The topological polar surface area (TPSA) is 18.5 Å². The molecule has 0 bridgehead atoms. The molecule has 2 saturated heterocycles. The number of benzene rings is 1. The first-order valence-electron chi connectivity index (χ1n) is 7.85. The molecule has 124 valence electrons. The lowest BCUT2D eigenvalue weighted by Crippen LogP contribution is -2.48. The Labute approximate surface area is 137 Å². The van der Waals surface area contributed by atoms with Crippen molar-refractivity contribution >= 4 is 18.1 Å². The zero-order chi connectivity index (χ0) is 14.7. The van der Waals surface area contributed by atoms with Gasteiger partial charge in [-0.25, -0.2) is 8.78 Å². The van der Waals surface area contributed by atoms with Crippen LogP contribution in [0, 0.1) is 17.6 Å². The third-order valence-electron chi connectivity index (χ3n) is 4.60. The van der Waals surface area contributed by atoms with E-state index in [0.717, 1.165) is 51.7 Å². The number of hydrogen-bond acceptors (Lipinski definition) is 3. The molecule has 0 aromatic heterocycles. The minimum absolute atomic E-state index is 0. The summed E-state index contributed by atoms with van der Waals surface area (Å²) in [6, 6.07) is 3.69. The van der Waals surface area contributed by atoms with Crippen molar-refractivity contribution in [3.63, 3.8) is 0 Å².